The number of nitrogens with zero attached hydrogens (tertiary/aromatic N) is 6. The number of rotatable bonds is 5. The van der Waals surface area contributed by atoms with Gasteiger partial charge in [0, 0.05) is 56.9 Å². The molecule has 1 atom stereocenters. The van der Waals surface area contributed by atoms with E-state index < -0.39 is 0 Å². The summed E-state index contributed by atoms with van der Waals surface area (Å²) >= 11 is 0. The Hall–Kier alpha value is -3.55. The Morgan fingerprint density at radius 2 is 2.07 bits per heavy atom. The van der Waals surface area contributed by atoms with E-state index in [2.05, 4.69) is 25.4 Å². The third kappa shape index (κ3) is 4.66. The number of aryl methyl sites for hydroxylation is 1. The predicted octanol–water partition coefficient (Wildman–Crippen LogP) is 2.77. The van der Waals surface area contributed by atoms with Crippen LogP contribution in [0.1, 0.15) is 30.0 Å². The van der Waals surface area contributed by atoms with Gasteiger partial charge < -0.3 is 10.2 Å². The van der Waals surface area contributed by atoms with Crippen LogP contribution in [-0.2, 0) is 11.8 Å². The summed E-state index contributed by atoms with van der Waals surface area (Å²) in [5.41, 5.74) is 2.07. The van der Waals surface area contributed by atoms with Crippen molar-refractivity contribution in [1.29, 1.82) is 0 Å². The number of hydrogen-bond donors (Lipinski definition) is 1. The zero-order chi connectivity index (χ0) is 20.1. The molecule has 1 amide bonds. The Labute approximate surface area is 169 Å². The summed E-state index contributed by atoms with van der Waals surface area (Å²) in [5.74, 6) is 1.69. The van der Waals surface area contributed by atoms with Crippen molar-refractivity contribution in [3.8, 4) is 0 Å². The van der Waals surface area contributed by atoms with Crippen molar-refractivity contribution in [2.75, 3.05) is 18.4 Å². The van der Waals surface area contributed by atoms with Crippen LogP contribution in [0.15, 0.2) is 55.3 Å². The van der Waals surface area contributed by atoms with Crippen molar-refractivity contribution >= 4 is 23.6 Å². The second-order valence-electron chi connectivity index (χ2n) is 7.03. The van der Waals surface area contributed by atoms with E-state index in [0.717, 1.165) is 30.9 Å². The van der Waals surface area contributed by atoms with E-state index >= 15 is 0 Å². The second kappa shape index (κ2) is 8.64. The zero-order valence-corrected chi connectivity index (χ0v) is 16.3. The molecule has 0 aromatic carbocycles. The molecule has 0 bridgehead atoms. The van der Waals surface area contributed by atoms with Crippen LogP contribution < -0.4 is 5.32 Å². The number of carbonyl (C=O) groups is 1. The minimum absolute atomic E-state index is 0.0304. The van der Waals surface area contributed by atoms with E-state index in [9.17, 15) is 4.79 Å². The number of aromatic nitrogens is 5. The van der Waals surface area contributed by atoms with Gasteiger partial charge in [-0.1, -0.05) is 0 Å². The van der Waals surface area contributed by atoms with Crippen LogP contribution in [0.5, 0.6) is 0 Å². The third-order valence-electron chi connectivity index (χ3n) is 5.06. The number of piperidine rings is 1. The summed E-state index contributed by atoms with van der Waals surface area (Å²) < 4.78 is 1.74. The Morgan fingerprint density at radius 3 is 2.86 bits per heavy atom. The molecule has 29 heavy (non-hydrogen) atoms. The van der Waals surface area contributed by atoms with E-state index in [1.807, 2.05) is 36.2 Å². The Balaban J connectivity index is 1.43. The van der Waals surface area contributed by atoms with Crippen LogP contribution in [0.25, 0.3) is 6.08 Å². The number of carbonyl (C=O) groups excluding carboxylic acids is 1. The molecule has 4 heterocycles. The maximum Gasteiger partial charge on any atom is 0.246 e. The van der Waals surface area contributed by atoms with Gasteiger partial charge in [-0.15, -0.1) is 0 Å². The first-order valence-electron chi connectivity index (χ1n) is 9.63. The number of amides is 1. The highest BCUT2D eigenvalue weighted by molar-refractivity contribution is 5.91. The molecule has 3 aromatic heterocycles. The molecule has 0 saturated carbocycles. The van der Waals surface area contributed by atoms with Gasteiger partial charge in [0.2, 0.25) is 5.91 Å². The maximum atomic E-state index is 12.7. The minimum atomic E-state index is 0.0304. The number of pyridine rings is 1. The van der Waals surface area contributed by atoms with Gasteiger partial charge >= 0.3 is 0 Å². The molecule has 3 aromatic rings. The molecular formula is C21H23N7O. The largest absolute Gasteiger partial charge is 0.339 e. The van der Waals surface area contributed by atoms with E-state index in [4.69, 9.17) is 0 Å². The molecule has 1 aliphatic rings. The summed E-state index contributed by atoms with van der Waals surface area (Å²) in [6.07, 6.45) is 13.9. The van der Waals surface area contributed by atoms with Gasteiger partial charge in [-0.3, -0.25) is 14.5 Å². The highest BCUT2D eigenvalue weighted by Gasteiger charge is 2.24. The van der Waals surface area contributed by atoms with Crippen molar-refractivity contribution in [1.82, 2.24) is 29.6 Å². The molecule has 8 nitrogen and oxygen atoms in total. The fourth-order valence-corrected chi connectivity index (χ4v) is 3.52. The van der Waals surface area contributed by atoms with E-state index in [1.165, 1.54) is 5.56 Å². The molecule has 1 aliphatic heterocycles. The average molecular weight is 389 g/mol. The quantitative estimate of drug-likeness (QED) is 0.675. The number of hydrogen-bond acceptors (Lipinski definition) is 6. The summed E-state index contributed by atoms with van der Waals surface area (Å²) in [6.45, 7) is 1.48. The molecular weight excluding hydrogens is 366 g/mol. The number of likely N-dealkylation sites (tertiary alicyclic amines) is 1. The molecule has 4 rings (SSSR count). The first kappa shape index (κ1) is 18.8. The van der Waals surface area contributed by atoms with Crippen LogP contribution in [0.3, 0.4) is 0 Å². The minimum Gasteiger partial charge on any atom is -0.339 e. The van der Waals surface area contributed by atoms with Gasteiger partial charge in [0.1, 0.15) is 11.6 Å². The van der Waals surface area contributed by atoms with Crippen LogP contribution in [0, 0.1) is 0 Å². The molecule has 0 radical (unpaired) electrons. The maximum absolute atomic E-state index is 12.7. The fraction of sp³-hybridized carbons (Fsp3) is 0.286. The first-order valence-corrected chi connectivity index (χ1v) is 9.63. The lowest BCUT2D eigenvalue weighted by atomic mass is 9.91. The van der Waals surface area contributed by atoms with Gasteiger partial charge in [-0.2, -0.15) is 5.10 Å². The Bertz CT molecular complexity index is 999. The first-order chi connectivity index (χ1) is 14.2. The summed E-state index contributed by atoms with van der Waals surface area (Å²) in [6, 6.07) is 5.93. The zero-order valence-electron chi connectivity index (χ0n) is 16.3. The van der Waals surface area contributed by atoms with Gasteiger partial charge in [-0.05, 0) is 42.7 Å². The normalized spacial score (nSPS) is 16.9. The Kier molecular flexibility index (Phi) is 5.60. The monoisotopic (exact) mass is 389 g/mol. The highest BCUT2D eigenvalue weighted by Crippen LogP contribution is 2.28. The highest BCUT2D eigenvalue weighted by atomic mass is 16.2. The van der Waals surface area contributed by atoms with Crippen molar-refractivity contribution in [3.63, 3.8) is 0 Å². The second-order valence-corrected chi connectivity index (χ2v) is 7.03. The molecule has 0 spiro atoms. The predicted molar refractivity (Wildman–Crippen MR) is 110 cm³/mol. The van der Waals surface area contributed by atoms with E-state index in [1.54, 1.807) is 41.7 Å². The van der Waals surface area contributed by atoms with Crippen molar-refractivity contribution in [3.05, 3.63) is 66.5 Å². The topological polar surface area (TPSA) is 88.8 Å². The van der Waals surface area contributed by atoms with Crippen molar-refractivity contribution < 1.29 is 4.79 Å². The molecule has 8 heteroatoms. The lowest BCUT2D eigenvalue weighted by Crippen LogP contribution is -2.38. The summed E-state index contributed by atoms with van der Waals surface area (Å²) in [4.78, 5) is 27.2. The Morgan fingerprint density at radius 1 is 1.17 bits per heavy atom. The van der Waals surface area contributed by atoms with E-state index in [-0.39, 0.29) is 11.8 Å². The summed E-state index contributed by atoms with van der Waals surface area (Å²) in [7, 11) is 1.86. The van der Waals surface area contributed by atoms with Crippen LogP contribution in [0.2, 0.25) is 0 Å². The van der Waals surface area contributed by atoms with Crippen molar-refractivity contribution in [2.24, 2.45) is 7.05 Å². The molecule has 0 aliphatic carbocycles. The average Bonchev–Trinajstić information content (AvgIpc) is 3.18. The SMILES string of the molecule is Cn1nccc1/C=C/C(=O)N1CCC[C@H](c2ccnc(Nc3cnccn3)c2)C1. The van der Waals surface area contributed by atoms with E-state index in [0.29, 0.717) is 12.4 Å². The molecule has 1 fully saturated rings. The van der Waals surface area contributed by atoms with Crippen LogP contribution in [-0.4, -0.2) is 48.6 Å². The van der Waals surface area contributed by atoms with Crippen LogP contribution >= 0.6 is 0 Å². The fourth-order valence-electron chi connectivity index (χ4n) is 3.52. The molecule has 148 valence electrons. The molecule has 1 saturated heterocycles. The van der Waals surface area contributed by atoms with Gasteiger partial charge in [-0.25, -0.2) is 9.97 Å². The lowest BCUT2D eigenvalue weighted by molar-refractivity contribution is -0.127. The van der Waals surface area contributed by atoms with Crippen LogP contribution in [0.4, 0.5) is 11.6 Å². The third-order valence-corrected chi connectivity index (χ3v) is 5.06. The van der Waals surface area contributed by atoms with Crippen molar-refractivity contribution in [2.45, 2.75) is 18.8 Å². The smallest absolute Gasteiger partial charge is 0.246 e. The summed E-state index contributed by atoms with van der Waals surface area (Å²) in [5, 5.41) is 7.29. The number of nitrogens with one attached hydrogen (secondary N) is 1. The molecule has 1 N–H and O–H groups in total. The van der Waals surface area contributed by atoms with Gasteiger partial charge in [0.15, 0.2) is 0 Å². The van der Waals surface area contributed by atoms with Gasteiger partial charge in [0.05, 0.1) is 11.9 Å². The molecule has 0 unspecified atom stereocenters. The van der Waals surface area contributed by atoms with Gasteiger partial charge in [0.25, 0.3) is 0 Å². The lowest BCUT2D eigenvalue weighted by Gasteiger charge is -2.32. The standard InChI is InChI=1S/C21H23N7O/c1-27-18(7-9-25-27)4-5-21(29)28-12-2-3-17(15-28)16-6-8-23-19(13-16)26-20-14-22-10-11-24-20/h4-11,13-14,17H,2-3,12,15H2,1H3,(H,23,24,26)/b5-4+/t17-/m0/s1. The number of anilines is 2.